The second kappa shape index (κ2) is 10.2. The SMILES string of the molecule is NC(=O)CSc1nc2cc3c(cc2c(=O)n1Cc1ccc(C(=O)NCc2ccc4c(c2)OCO4)cc1)OCO3. The van der Waals surface area contributed by atoms with Crippen molar-refractivity contribution in [3.8, 4) is 23.0 Å². The highest BCUT2D eigenvalue weighted by Crippen LogP contribution is 2.35. The summed E-state index contributed by atoms with van der Waals surface area (Å²) in [5.41, 5.74) is 7.60. The quantitative estimate of drug-likeness (QED) is 0.251. The number of nitrogens with zero attached hydrogens (tertiary/aromatic N) is 2. The summed E-state index contributed by atoms with van der Waals surface area (Å²) in [6.07, 6.45) is 0. The van der Waals surface area contributed by atoms with Crippen LogP contribution >= 0.6 is 11.8 Å². The number of thioether (sulfide) groups is 1. The smallest absolute Gasteiger partial charge is 0.262 e. The number of nitrogens with one attached hydrogen (secondary N) is 1. The van der Waals surface area contributed by atoms with Crippen LogP contribution in [-0.2, 0) is 17.9 Å². The van der Waals surface area contributed by atoms with Gasteiger partial charge in [-0.3, -0.25) is 19.0 Å². The number of hydrogen-bond acceptors (Lipinski definition) is 9. The van der Waals surface area contributed by atoms with Gasteiger partial charge in [0.1, 0.15) is 0 Å². The molecule has 3 aromatic carbocycles. The summed E-state index contributed by atoms with van der Waals surface area (Å²) < 4.78 is 23.0. The van der Waals surface area contributed by atoms with Crippen molar-refractivity contribution < 1.29 is 28.5 Å². The first-order valence-electron chi connectivity index (χ1n) is 12.0. The number of rotatable bonds is 8. The molecule has 2 aliphatic rings. The molecule has 11 nitrogen and oxygen atoms in total. The first-order valence-corrected chi connectivity index (χ1v) is 12.9. The predicted molar refractivity (Wildman–Crippen MR) is 141 cm³/mol. The van der Waals surface area contributed by atoms with E-state index in [0.29, 0.717) is 51.2 Å². The van der Waals surface area contributed by atoms with Crippen LogP contribution in [0.25, 0.3) is 10.9 Å². The van der Waals surface area contributed by atoms with E-state index in [1.807, 2.05) is 18.2 Å². The lowest BCUT2D eigenvalue weighted by molar-refractivity contribution is -0.115. The molecule has 0 aliphatic carbocycles. The topological polar surface area (TPSA) is 144 Å². The van der Waals surface area contributed by atoms with E-state index in [-0.39, 0.29) is 37.3 Å². The Morgan fingerprint density at radius 3 is 2.31 bits per heavy atom. The number of aromatic nitrogens is 2. The highest BCUT2D eigenvalue weighted by Gasteiger charge is 2.20. The predicted octanol–water partition coefficient (Wildman–Crippen LogP) is 2.41. The lowest BCUT2D eigenvalue weighted by Crippen LogP contribution is -2.25. The molecular weight excluding hydrogens is 524 g/mol. The molecule has 0 spiro atoms. The molecular formula is C27H22N4O7S. The van der Waals surface area contributed by atoms with E-state index < -0.39 is 5.91 Å². The Morgan fingerprint density at radius 1 is 0.897 bits per heavy atom. The van der Waals surface area contributed by atoms with Gasteiger partial charge in [0.05, 0.1) is 23.2 Å². The molecule has 3 N–H and O–H groups in total. The molecule has 0 saturated carbocycles. The number of amides is 2. The minimum absolute atomic E-state index is 0.0367. The largest absolute Gasteiger partial charge is 0.454 e. The zero-order valence-electron chi connectivity index (χ0n) is 20.5. The maximum absolute atomic E-state index is 13.5. The first kappa shape index (κ1) is 24.6. The number of hydrogen-bond donors (Lipinski definition) is 2. The number of carbonyl (C=O) groups is 2. The third-order valence-corrected chi connectivity index (χ3v) is 7.20. The van der Waals surface area contributed by atoms with Crippen molar-refractivity contribution in [2.24, 2.45) is 5.73 Å². The first-order chi connectivity index (χ1) is 18.9. The Bertz CT molecular complexity index is 1670. The van der Waals surface area contributed by atoms with Crippen LogP contribution in [0.5, 0.6) is 23.0 Å². The van der Waals surface area contributed by atoms with Crippen LogP contribution in [0.15, 0.2) is 64.5 Å². The maximum atomic E-state index is 13.5. The number of fused-ring (bicyclic) bond motifs is 3. The molecule has 0 saturated heterocycles. The average molecular weight is 547 g/mol. The summed E-state index contributed by atoms with van der Waals surface area (Å²) in [5, 5.41) is 3.60. The van der Waals surface area contributed by atoms with Crippen LogP contribution in [0.2, 0.25) is 0 Å². The van der Waals surface area contributed by atoms with E-state index in [0.717, 1.165) is 22.9 Å². The molecule has 0 bridgehead atoms. The summed E-state index contributed by atoms with van der Waals surface area (Å²) in [6, 6.07) is 15.7. The van der Waals surface area contributed by atoms with Gasteiger partial charge in [-0.2, -0.15) is 0 Å². The molecule has 39 heavy (non-hydrogen) atoms. The Morgan fingerprint density at radius 2 is 1.56 bits per heavy atom. The number of carbonyl (C=O) groups excluding carboxylic acids is 2. The van der Waals surface area contributed by atoms with E-state index in [2.05, 4.69) is 10.3 Å². The summed E-state index contributed by atoms with van der Waals surface area (Å²) in [4.78, 5) is 42.2. The monoisotopic (exact) mass is 546 g/mol. The van der Waals surface area contributed by atoms with Gasteiger partial charge in [-0.25, -0.2) is 4.98 Å². The van der Waals surface area contributed by atoms with Crippen molar-refractivity contribution in [3.63, 3.8) is 0 Å². The van der Waals surface area contributed by atoms with Crippen molar-refractivity contribution in [2.75, 3.05) is 19.3 Å². The Hall–Kier alpha value is -4.71. The molecule has 4 aromatic rings. The number of benzene rings is 3. The summed E-state index contributed by atoms with van der Waals surface area (Å²) >= 11 is 1.08. The molecule has 0 radical (unpaired) electrons. The summed E-state index contributed by atoms with van der Waals surface area (Å²) in [5.74, 6) is 1.52. The van der Waals surface area contributed by atoms with Crippen molar-refractivity contribution in [1.82, 2.24) is 14.9 Å². The second-order valence-corrected chi connectivity index (χ2v) is 9.77. The average Bonchev–Trinajstić information content (AvgIpc) is 3.60. The molecule has 3 heterocycles. The minimum atomic E-state index is -0.525. The van der Waals surface area contributed by atoms with Gasteiger partial charge in [0, 0.05) is 18.2 Å². The van der Waals surface area contributed by atoms with E-state index in [4.69, 9.17) is 24.7 Å². The van der Waals surface area contributed by atoms with Crippen LogP contribution in [0.4, 0.5) is 0 Å². The molecule has 198 valence electrons. The van der Waals surface area contributed by atoms with Crippen LogP contribution in [0.3, 0.4) is 0 Å². The fraction of sp³-hybridized carbons (Fsp3) is 0.185. The van der Waals surface area contributed by atoms with E-state index in [1.54, 1.807) is 36.4 Å². The fourth-order valence-corrected chi connectivity index (χ4v) is 4.99. The van der Waals surface area contributed by atoms with Gasteiger partial charge >= 0.3 is 0 Å². The van der Waals surface area contributed by atoms with Crippen LogP contribution in [0, 0.1) is 0 Å². The van der Waals surface area contributed by atoms with E-state index >= 15 is 0 Å². The zero-order chi connectivity index (χ0) is 26.9. The molecule has 2 amide bonds. The Balaban J connectivity index is 1.21. The van der Waals surface area contributed by atoms with Crippen LogP contribution in [-0.4, -0.2) is 40.7 Å². The zero-order valence-corrected chi connectivity index (χ0v) is 21.3. The van der Waals surface area contributed by atoms with Gasteiger partial charge in [0.2, 0.25) is 19.5 Å². The summed E-state index contributed by atoms with van der Waals surface area (Å²) in [7, 11) is 0. The second-order valence-electron chi connectivity index (χ2n) is 8.83. The van der Waals surface area contributed by atoms with Gasteiger partial charge in [-0.1, -0.05) is 30.0 Å². The number of ether oxygens (including phenoxy) is 4. The fourth-order valence-electron chi connectivity index (χ4n) is 4.26. The number of primary amides is 1. The molecule has 0 atom stereocenters. The van der Waals surface area contributed by atoms with Crippen molar-refractivity contribution in [2.45, 2.75) is 18.2 Å². The van der Waals surface area contributed by atoms with E-state index in [9.17, 15) is 14.4 Å². The highest BCUT2D eigenvalue weighted by atomic mass is 32.2. The minimum Gasteiger partial charge on any atom is -0.454 e. The molecule has 6 rings (SSSR count). The molecule has 2 aliphatic heterocycles. The Kier molecular flexibility index (Phi) is 6.45. The Labute approximate surface area is 225 Å². The normalized spacial score (nSPS) is 13.0. The lowest BCUT2D eigenvalue weighted by atomic mass is 10.1. The van der Waals surface area contributed by atoms with Gasteiger partial charge in [0.25, 0.3) is 11.5 Å². The van der Waals surface area contributed by atoms with Gasteiger partial charge in [-0.15, -0.1) is 0 Å². The maximum Gasteiger partial charge on any atom is 0.262 e. The highest BCUT2D eigenvalue weighted by molar-refractivity contribution is 7.99. The number of nitrogens with two attached hydrogens (primary N) is 1. The van der Waals surface area contributed by atoms with Crippen molar-refractivity contribution >= 4 is 34.5 Å². The molecule has 1 aromatic heterocycles. The molecule has 0 unspecified atom stereocenters. The van der Waals surface area contributed by atoms with Gasteiger partial charge < -0.3 is 30.0 Å². The van der Waals surface area contributed by atoms with Crippen LogP contribution in [0.1, 0.15) is 21.5 Å². The van der Waals surface area contributed by atoms with Crippen molar-refractivity contribution in [1.29, 1.82) is 0 Å². The third kappa shape index (κ3) is 5.06. The molecule has 0 fully saturated rings. The standard InChI is InChI=1S/C27H22N4O7S/c28-24(32)12-39-27-30-19-9-23-22(37-14-38-23)8-18(19)26(34)31(27)11-15-1-4-17(5-2-15)25(33)29-10-16-3-6-20-21(7-16)36-13-35-20/h1-9H,10-14H2,(H2,28,32)(H,29,33). The van der Waals surface area contributed by atoms with Gasteiger partial charge in [-0.05, 0) is 41.5 Å². The third-order valence-electron chi connectivity index (χ3n) is 6.20. The lowest BCUT2D eigenvalue weighted by Gasteiger charge is -2.13. The van der Waals surface area contributed by atoms with E-state index in [1.165, 1.54) is 4.57 Å². The van der Waals surface area contributed by atoms with Gasteiger partial charge in [0.15, 0.2) is 28.2 Å². The van der Waals surface area contributed by atoms with Crippen LogP contribution < -0.4 is 35.6 Å². The van der Waals surface area contributed by atoms with Crippen molar-refractivity contribution in [3.05, 3.63) is 81.6 Å². The summed E-state index contributed by atoms with van der Waals surface area (Å²) in [6.45, 7) is 0.764. The molecule has 12 heteroatoms.